The van der Waals surface area contributed by atoms with E-state index < -0.39 is 5.82 Å². The minimum Gasteiger partial charge on any atom is -0.467 e. The zero-order valence-corrected chi connectivity index (χ0v) is 23.1. The van der Waals surface area contributed by atoms with Crippen molar-refractivity contribution in [2.75, 3.05) is 57.8 Å². The number of carbonyl (C=O) groups is 1. The highest BCUT2D eigenvalue weighted by atomic mass is 35.5. The molecule has 2 aromatic carbocycles. The van der Waals surface area contributed by atoms with Crippen molar-refractivity contribution in [1.82, 2.24) is 24.8 Å². The Morgan fingerprint density at radius 2 is 1.80 bits per heavy atom. The molecule has 0 radical (unpaired) electrons. The molecule has 2 aliphatic heterocycles. The van der Waals surface area contributed by atoms with E-state index in [2.05, 4.69) is 19.9 Å². The first-order chi connectivity index (χ1) is 19.5. The summed E-state index contributed by atoms with van der Waals surface area (Å²) in [5, 5.41) is 2.63. The Morgan fingerprint density at radius 3 is 2.55 bits per heavy atom. The normalized spacial score (nSPS) is 16.5. The second-order valence-electron chi connectivity index (χ2n) is 10.1. The van der Waals surface area contributed by atoms with Crippen LogP contribution in [-0.4, -0.2) is 83.6 Å². The van der Waals surface area contributed by atoms with Gasteiger partial charge in [0.25, 0.3) is 0 Å². The van der Waals surface area contributed by atoms with E-state index in [1.54, 1.807) is 24.4 Å². The number of carbonyl (C=O) groups excluding carboxylic acids is 1. The van der Waals surface area contributed by atoms with Gasteiger partial charge >= 0.3 is 6.01 Å². The molecule has 0 atom stereocenters. The van der Waals surface area contributed by atoms with Gasteiger partial charge in [0.2, 0.25) is 5.91 Å². The Kier molecular flexibility index (Phi) is 7.49. The molecule has 0 aliphatic carbocycles. The lowest BCUT2D eigenvalue weighted by molar-refractivity contribution is -0.126. The fraction of sp³-hybridized carbons (Fsp3) is 0.333. The lowest BCUT2D eigenvalue weighted by atomic mass is 10.0. The van der Waals surface area contributed by atoms with Gasteiger partial charge < -0.3 is 14.5 Å². The number of amides is 1. The van der Waals surface area contributed by atoms with Crippen LogP contribution >= 0.6 is 11.6 Å². The van der Waals surface area contributed by atoms with Crippen molar-refractivity contribution in [3.8, 4) is 17.3 Å². The van der Waals surface area contributed by atoms with Crippen molar-refractivity contribution >= 4 is 45.0 Å². The van der Waals surface area contributed by atoms with Crippen LogP contribution in [-0.2, 0) is 4.79 Å². The minimum atomic E-state index is -0.566. The average Bonchev–Trinajstić information content (AvgIpc) is 3.50. The van der Waals surface area contributed by atoms with Crippen molar-refractivity contribution in [2.24, 2.45) is 0 Å². The summed E-state index contributed by atoms with van der Waals surface area (Å²) in [5.41, 5.74) is 0.875. The highest BCUT2D eigenvalue weighted by Gasteiger charge is 2.26. The Morgan fingerprint density at radius 1 is 1.05 bits per heavy atom. The summed E-state index contributed by atoms with van der Waals surface area (Å²) in [7, 11) is 1.46. The number of rotatable bonds is 6. The molecule has 40 heavy (non-hydrogen) atoms. The van der Waals surface area contributed by atoms with Gasteiger partial charge in [-0.05, 0) is 37.4 Å². The molecule has 2 aromatic heterocycles. The molecule has 2 saturated heterocycles. The fourth-order valence-corrected chi connectivity index (χ4v) is 5.83. The largest absolute Gasteiger partial charge is 0.467 e. The summed E-state index contributed by atoms with van der Waals surface area (Å²) in [5.74, 6) is -0.0219. The second-order valence-corrected chi connectivity index (χ2v) is 10.5. The molecule has 2 fully saturated rings. The van der Waals surface area contributed by atoms with Crippen LogP contribution in [0.4, 0.5) is 10.2 Å². The number of hydrogen-bond donors (Lipinski definition) is 0. The lowest BCUT2D eigenvalue weighted by Crippen LogP contribution is -2.48. The number of anilines is 1. The van der Waals surface area contributed by atoms with Crippen LogP contribution < -0.4 is 9.64 Å². The number of aromatic nitrogens is 3. The van der Waals surface area contributed by atoms with Crippen LogP contribution in [0.3, 0.4) is 0 Å². The minimum absolute atomic E-state index is 0.00933. The van der Waals surface area contributed by atoms with Crippen LogP contribution in [0.15, 0.2) is 54.7 Å². The van der Waals surface area contributed by atoms with Crippen molar-refractivity contribution in [1.29, 1.82) is 0 Å². The summed E-state index contributed by atoms with van der Waals surface area (Å²) in [6, 6.07) is 11.2. The predicted octanol–water partition coefficient (Wildman–Crippen LogP) is 4.95. The molecule has 6 rings (SSSR count). The number of hydrogen-bond acceptors (Lipinski definition) is 7. The molecule has 4 heterocycles. The highest BCUT2D eigenvalue weighted by Crippen LogP contribution is 2.37. The van der Waals surface area contributed by atoms with Crippen LogP contribution in [0.5, 0.6) is 6.01 Å². The molecule has 0 unspecified atom stereocenters. The molecule has 1 amide bonds. The molecule has 206 valence electrons. The van der Waals surface area contributed by atoms with E-state index in [-0.39, 0.29) is 23.1 Å². The summed E-state index contributed by atoms with van der Waals surface area (Å²) in [6.45, 7) is 5.16. The van der Waals surface area contributed by atoms with Gasteiger partial charge in [0.15, 0.2) is 5.82 Å². The highest BCUT2D eigenvalue weighted by molar-refractivity contribution is 6.36. The van der Waals surface area contributed by atoms with Crippen molar-refractivity contribution in [3.05, 3.63) is 65.6 Å². The van der Waals surface area contributed by atoms with Crippen molar-refractivity contribution < 1.29 is 13.9 Å². The molecular weight excluding hydrogens is 531 g/mol. The maximum atomic E-state index is 16.1. The van der Waals surface area contributed by atoms with Crippen LogP contribution in [0.25, 0.3) is 32.9 Å². The molecule has 0 spiro atoms. The summed E-state index contributed by atoms with van der Waals surface area (Å²) < 4.78 is 21.5. The molecule has 2 aliphatic rings. The monoisotopic (exact) mass is 560 g/mol. The van der Waals surface area contributed by atoms with Crippen LogP contribution in [0.2, 0.25) is 5.02 Å². The Bertz CT molecular complexity index is 1590. The van der Waals surface area contributed by atoms with Crippen molar-refractivity contribution in [3.63, 3.8) is 0 Å². The van der Waals surface area contributed by atoms with Gasteiger partial charge in [0.1, 0.15) is 17.0 Å². The molecule has 4 aromatic rings. The van der Waals surface area contributed by atoms with E-state index in [0.717, 1.165) is 30.4 Å². The summed E-state index contributed by atoms with van der Waals surface area (Å²) in [6.07, 6.45) is 7.70. The van der Waals surface area contributed by atoms with Crippen LogP contribution in [0, 0.1) is 5.82 Å². The predicted molar refractivity (Wildman–Crippen MR) is 155 cm³/mol. The Hall–Kier alpha value is -3.82. The first-order valence-corrected chi connectivity index (χ1v) is 13.9. The summed E-state index contributed by atoms with van der Waals surface area (Å²) >= 11 is 6.51. The Balaban J connectivity index is 1.27. The Labute approximate surface area is 237 Å². The topological polar surface area (TPSA) is 74.7 Å². The number of piperazine rings is 1. The first kappa shape index (κ1) is 26.4. The van der Waals surface area contributed by atoms with Gasteiger partial charge in [-0.15, -0.1) is 0 Å². The third-order valence-corrected chi connectivity index (χ3v) is 7.96. The SMILES string of the molecule is COc1nc(N2CCN(C(=O)/C=C/CN3CCCC3)CC2)c2cnc(-c3cccc4cccc(Cl)c34)c(F)c2n1. The van der Waals surface area contributed by atoms with Gasteiger partial charge in [-0.25, -0.2) is 4.39 Å². The molecule has 0 saturated carbocycles. The number of halogens is 2. The summed E-state index contributed by atoms with van der Waals surface area (Å²) in [4.78, 5) is 32.4. The van der Waals surface area contributed by atoms with E-state index in [1.165, 1.54) is 20.0 Å². The molecule has 0 bridgehead atoms. The second kappa shape index (κ2) is 11.3. The number of methoxy groups -OCH3 is 1. The maximum Gasteiger partial charge on any atom is 0.318 e. The third kappa shape index (κ3) is 5.07. The quantitative estimate of drug-likeness (QED) is 0.309. The fourth-order valence-electron chi connectivity index (χ4n) is 5.55. The van der Waals surface area contributed by atoms with Crippen molar-refractivity contribution in [2.45, 2.75) is 12.8 Å². The van der Waals surface area contributed by atoms with Crippen LogP contribution in [0.1, 0.15) is 12.8 Å². The number of benzene rings is 2. The smallest absolute Gasteiger partial charge is 0.318 e. The molecule has 8 nitrogen and oxygen atoms in total. The zero-order chi connectivity index (χ0) is 27.6. The van der Waals surface area contributed by atoms with E-state index in [9.17, 15) is 4.79 Å². The standard InChI is InChI=1S/C30H30ClFN6O2/c1-40-30-34-28-22(19-33-27(26(28)32)21-9-4-7-20-8-5-10-23(31)25(20)21)29(35-30)38-17-15-37(16-18-38)24(39)11-6-14-36-12-2-3-13-36/h4-11,19H,2-3,12-18H2,1H3/b11-6+. The average molecular weight is 561 g/mol. The van der Waals surface area contributed by atoms with Gasteiger partial charge in [-0.2, -0.15) is 9.97 Å². The van der Waals surface area contributed by atoms with E-state index in [1.807, 2.05) is 40.1 Å². The number of nitrogens with zero attached hydrogens (tertiary/aromatic N) is 6. The molecule has 10 heteroatoms. The number of pyridine rings is 1. The number of likely N-dealkylation sites (tertiary alicyclic amines) is 1. The van der Waals surface area contributed by atoms with E-state index in [0.29, 0.717) is 48.0 Å². The lowest BCUT2D eigenvalue weighted by Gasteiger charge is -2.35. The van der Waals surface area contributed by atoms with E-state index >= 15 is 4.39 Å². The zero-order valence-electron chi connectivity index (χ0n) is 22.3. The first-order valence-electron chi connectivity index (χ1n) is 13.5. The van der Waals surface area contributed by atoms with Gasteiger partial charge in [-0.1, -0.05) is 48.0 Å². The van der Waals surface area contributed by atoms with Gasteiger partial charge in [0.05, 0.1) is 12.5 Å². The number of fused-ring (bicyclic) bond motifs is 2. The number of ether oxygens (including phenoxy) is 1. The molecule has 0 N–H and O–H groups in total. The van der Waals surface area contributed by atoms with Gasteiger partial charge in [0, 0.05) is 61.0 Å². The van der Waals surface area contributed by atoms with E-state index in [4.69, 9.17) is 16.3 Å². The third-order valence-electron chi connectivity index (χ3n) is 7.65. The molecular formula is C30H30ClFN6O2. The maximum absolute atomic E-state index is 16.1. The van der Waals surface area contributed by atoms with Gasteiger partial charge in [-0.3, -0.25) is 14.7 Å².